The second-order valence-corrected chi connectivity index (χ2v) is 6.90. The molecule has 0 fully saturated rings. The standard InChI is InChI=1S/C22H29N3O4.HI/c1-16(2)29-19-7-5-18(6-8-19)25-22(24-12-13-26-3)23-11-10-17-4-9-20-21(14-17)28-15-27-20;/h4-9,14,16H,10-13,15H2,1-3H3,(H2,23,24,25);1H. The normalized spacial score (nSPS) is 12.5. The van der Waals surface area contributed by atoms with Gasteiger partial charge in [0, 0.05) is 19.3 Å². The molecule has 2 aromatic rings. The lowest BCUT2D eigenvalue weighted by Crippen LogP contribution is -2.33. The van der Waals surface area contributed by atoms with E-state index in [1.807, 2.05) is 50.2 Å². The third-order valence-electron chi connectivity index (χ3n) is 4.20. The predicted molar refractivity (Wildman–Crippen MR) is 130 cm³/mol. The van der Waals surface area contributed by atoms with Gasteiger partial charge in [0.2, 0.25) is 6.79 Å². The van der Waals surface area contributed by atoms with E-state index in [4.69, 9.17) is 18.9 Å². The summed E-state index contributed by atoms with van der Waals surface area (Å²) in [5.41, 5.74) is 2.11. The maximum Gasteiger partial charge on any atom is 0.231 e. The van der Waals surface area contributed by atoms with Crippen LogP contribution >= 0.6 is 24.0 Å². The minimum absolute atomic E-state index is 0. The fraction of sp³-hybridized carbons (Fsp3) is 0.409. The van der Waals surface area contributed by atoms with E-state index in [1.54, 1.807) is 7.11 Å². The van der Waals surface area contributed by atoms with Crippen molar-refractivity contribution in [2.45, 2.75) is 26.4 Å². The smallest absolute Gasteiger partial charge is 0.231 e. The van der Waals surface area contributed by atoms with E-state index in [9.17, 15) is 0 Å². The highest BCUT2D eigenvalue weighted by atomic mass is 127. The maximum absolute atomic E-state index is 5.69. The molecule has 8 heteroatoms. The first-order valence-corrected chi connectivity index (χ1v) is 9.83. The van der Waals surface area contributed by atoms with Gasteiger partial charge in [0.15, 0.2) is 17.5 Å². The number of hydrogen-bond donors (Lipinski definition) is 2. The molecule has 1 heterocycles. The molecule has 0 saturated carbocycles. The third kappa shape index (κ3) is 7.56. The maximum atomic E-state index is 5.69. The highest BCUT2D eigenvalue weighted by Crippen LogP contribution is 2.32. The van der Waals surface area contributed by atoms with Crippen LogP contribution in [0.3, 0.4) is 0 Å². The van der Waals surface area contributed by atoms with Crippen molar-refractivity contribution in [2.24, 2.45) is 4.99 Å². The number of anilines is 1. The summed E-state index contributed by atoms with van der Waals surface area (Å²) in [7, 11) is 1.67. The highest BCUT2D eigenvalue weighted by Gasteiger charge is 2.13. The van der Waals surface area contributed by atoms with Crippen LogP contribution in [-0.4, -0.2) is 45.7 Å². The Bertz CT molecular complexity index is 813. The second-order valence-electron chi connectivity index (χ2n) is 6.90. The van der Waals surface area contributed by atoms with Gasteiger partial charge < -0.3 is 29.6 Å². The van der Waals surface area contributed by atoms with Gasteiger partial charge in [-0.1, -0.05) is 6.07 Å². The minimum Gasteiger partial charge on any atom is -0.491 e. The summed E-state index contributed by atoms with van der Waals surface area (Å²) in [6.45, 7) is 6.18. The van der Waals surface area contributed by atoms with Crippen molar-refractivity contribution in [3.8, 4) is 17.2 Å². The fourth-order valence-electron chi connectivity index (χ4n) is 2.84. The lowest BCUT2D eigenvalue weighted by Gasteiger charge is -2.14. The Morgan fingerprint density at radius 1 is 1.10 bits per heavy atom. The predicted octanol–water partition coefficient (Wildman–Crippen LogP) is 4.07. The molecular weight excluding hydrogens is 497 g/mol. The van der Waals surface area contributed by atoms with Crippen LogP contribution in [0.4, 0.5) is 5.69 Å². The minimum atomic E-state index is 0. The molecule has 0 radical (unpaired) electrons. The molecule has 7 nitrogen and oxygen atoms in total. The van der Waals surface area contributed by atoms with Gasteiger partial charge >= 0.3 is 0 Å². The van der Waals surface area contributed by atoms with Crippen LogP contribution in [0.15, 0.2) is 47.5 Å². The van der Waals surface area contributed by atoms with Gasteiger partial charge in [-0.2, -0.15) is 0 Å². The quantitative estimate of drug-likeness (QED) is 0.222. The Labute approximate surface area is 195 Å². The topological polar surface area (TPSA) is 73.3 Å². The van der Waals surface area contributed by atoms with Gasteiger partial charge in [-0.25, -0.2) is 0 Å². The molecule has 0 amide bonds. The van der Waals surface area contributed by atoms with Crippen molar-refractivity contribution in [1.29, 1.82) is 0 Å². The van der Waals surface area contributed by atoms with Crippen molar-refractivity contribution in [3.63, 3.8) is 0 Å². The van der Waals surface area contributed by atoms with Crippen LogP contribution in [0.1, 0.15) is 19.4 Å². The van der Waals surface area contributed by atoms with Gasteiger partial charge in [-0.15, -0.1) is 24.0 Å². The molecule has 0 aromatic heterocycles. The lowest BCUT2D eigenvalue weighted by molar-refractivity contribution is 0.174. The third-order valence-corrected chi connectivity index (χ3v) is 4.20. The molecule has 0 atom stereocenters. The largest absolute Gasteiger partial charge is 0.491 e. The Morgan fingerprint density at radius 3 is 2.60 bits per heavy atom. The van der Waals surface area contributed by atoms with Gasteiger partial charge in [0.05, 0.1) is 19.3 Å². The number of nitrogens with one attached hydrogen (secondary N) is 2. The molecule has 0 unspecified atom stereocenters. The van der Waals surface area contributed by atoms with Gasteiger partial charge in [0.1, 0.15) is 5.75 Å². The second kappa shape index (κ2) is 12.5. The average Bonchev–Trinajstić information content (AvgIpc) is 3.17. The molecule has 0 aliphatic carbocycles. The number of guanidine groups is 1. The molecule has 2 N–H and O–H groups in total. The van der Waals surface area contributed by atoms with E-state index in [1.165, 1.54) is 5.56 Å². The molecule has 0 saturated heterocycles. The first kappa shape index (κ1) is 24.1. The summed E-state index contributed by atoms with van der Waals surface area (Å²) in [5.74, 6) is 3.16. The molecule has 1 aliphatic rings. The highest BCUT2D eigenvalue weighted by molar-refractivity contribution is 14.0. The van der Waals surface area contributed by atoms with Crippen molar-refractivity contribution in [3.05, 3.63) is 48.0 Å². The summed E-state index contributed by atoms with van der Waals surface area (Å²) in [6, 6.07) is 13.9. The summed E-state index contributed by atoms with van der Waals surface area (Å²) >= 11 is 0. The van der Waals surface area contributed by atoms with Crippen LogP contribution in [0.5, 0.6) is 17.2 Å². The average molecular weight is 527 g/mol. The van der Waals surface area contributed by atoms with E-state index in [2.05, 4.69) is 21.7 Å². The van der Waals surface area contributed by atoms with Crippen molar-refractivity contribution < 1.29 is 18.9 Å². The Morgan fingerprint density at radius 2 is 1.87 bits per heavy atom. The fourth-order valence-corrected chi connectivity index (χ4v) is 2.84. The van der Waals surface area contributed by atoms with Crippen LogP contribution in [-0.2, 0) is 11.2 Å². The lowest BCUT2D eigenvalue weighted by atomic mass is 10.1. The molecule has 2 aromatic carbocycles. The number of fused-ring (bicyclic) bond motifs is 1. The number of aliphatic imine (C=N–C) groups is 1. The van der Waals surface area contributed by atoms with E-state index in [-0.39, 0.29) is 36.9 Å². The summed E-state index contributed by atoms with van der Waals surface area (Å²) in [5, 5.41) is 6.70. The van der Waals surface area contributed by atoms with E-state index in [0.29, 0.717) is 19.1 Å². The van der Waals surface area contributed by atoms with Gasteiger partial charge in [-0.3, -0.25) is 4.99 Å². The molecule has 0 bridgehead atoms. The van der Waals surface area contributed by atoms with E-state index >= 15 is 0 Å². The number of nitrogens with zero attached hydrogens (tertiary/aromatic N) is 1. The van der Waals surface area contributed by atoms with Crippen LogP contribution in [0, 0.1) is 0 Å². The zero-order chi connectivity index (χ0) is 20.5. The van der Waals surface area contributed by atoms with Crippen molar-refractivity contribution in [1.82, 2.24) is 5.32 Å². The Kier molecular flexibility index (Phi) is 10.0. The molecular formula is C22H30IN3O4. The monoisotopic (exact) mass is 527 g/mol. The number of benzene rings is 2. The number of halogens is 1. The van der Waals surface area contributed by atoms with Crippen molar-refractivity contribution in [2.75, 3.05) is 38.9 Å². The van der Waals surface area contributed by atoms with Crippen LogP contribution in [0.25, 0.3) is 0 Å². The SMILES string of the molecule is COCCN=C(NCCc1ccc2c(c1)OCO2)Nc1ccc(OC(C)C)cc1.I. The van der Waals surface area contributed by atoms with Crippen LogP contribution < -0.4 is 24.8 Å². The molecule has 3 rings (SSSR count). The first-order chi connectivity index (χ1) is 14.1. The molecule has 0 spiro atoms. The molecule has 164 valence electrons. The number of rotatable bonds is 9. The van der Waals surface area contributed by atoms with Gasteiger partial charge in [-0.05, 0) is 62.2 Å². The number of ether oxygens (including phenoxy) is 4. The van der Waals surface area contributed by atoms with Crippen molar-refractivity contribution >= 4 is 35.6 Å². The van der Waals surface area contributed by atoms with Gasteiger partial charge in [0.25, 0.3) is 0 Å². The summed E-state index contributed by atoms with van der Waals surface area (Å²) < 4.78 is 21.6. The van der Waals surface area contributed by atoms with E-state index in [0.717, 1.165) is 35.9 Å². The number of methoxy groups -OCH3 is 1. The zero-order valence-electron chi connectivity index (χ0n) is 17.6. The Balaban J connectivity index is 0.00000320. The molecule has 1 aliphatic heterocycles. The summed E-state index contributed by atoms with van der Waals surface area (Å²) in [4.78, 5) is 4.56. The summed E-state index contributed by atoms with van der Waals surface area (Å²) in [6.07, 6.45) is 0.987. The Hall–Kier alpha value is -2.20. The van der Waals surface area contributed by atoms with Crippen LogP contribution in [0.2, 0.25) is 0 Å². The zero-order valence-corrected chi connectivity index (χ0v) is 20.0. The number of hydrogen-bond acceptors (Lipinski definition) is 5. The molecule has 30 heavy (non-hydrogen) atoms. The first-order valence-electron chi connectivity index (χ1n) is 9.83. The van der Waals surface area contributed by atoms with E-state index < -0.39 is 0 Å².